The van der Waals surface area contributed by atoms with Gasteiger partial charge < -0.3 is 10.1 Å². The van der Waals surface area contributed by atoms with E-state index in [2.05, 4.69) is 22.0 Å². The van der Waals surface area contributed by atoms with Gasteiger partial charge in [0.1, 0.15) is 5.75 Å². The van der Waals surface area contributed by atoms with Crippen LogP contribution in [-0.2, 0) is 17.6 Å². The topological polar surface area (TPSA) is 56.1 Å². The first kappa shape index (κ1) is 19.6. The molecule has 3 aromatic rings. The molecule has 1 aromatic heterocycles. The molecule has 2 aromatic carbocycles. The maximum Gasteiger partial charge on any atom is 0.234 e. The number of imidazole rings is 1. The van der Waals surface area contributed by atoms with Crippen LogP contribution in [0.4, 0.5) is 5.69 Å². The molecular weight excluding hydrogens is 382 g/mol. The van der Waals surface area contributed by atoms with Gasteiger partial charge in [0.05, 0.1) is 24.2 Å². The van der Waals surface area contributed by atoms with Crippen molar-refractivity contribution in [1.29, 1.82) is 0 Å². The summed E-state index contributed by atoms with van der Waals surface area (Å²) in [6.45, 7) is 1.99. The number of amides is 1. The Bertz CT molecular complexity index is 1010. The van der Waals surface area contributed by atoms with Gasteiger partial charge in [0, 0.05) is 11.4 Å². The number of hydrogen-bond acceptors (Lipinski definition) is 4. The highest BCUT2D eigenvalue weighted by Gasteiger charge is 2.22. The van der Waals surface area contributed by atoms with E-state index in [-0.39, 0.29) is 5.91 Å². The van der Waals surface area contributed by atoms with Crippen LogP contribution in [0.15, 0.2) is 53.7 Å². The molecule has 1 aliphatic carbocycles. The maximum atomic E-state index is 12.6. The fourth-order valence-electron chi connectivity index (χ4n) is 3.69. The molecule has 0 unspecified atom stereocenters. The van der Waals surface area contributed by atoms with Crippen molar-refractivity contribution in [3.05, 3.63) is 65.5 Å². The monoisotopic (exact) mass is 407 g/mol. The second-order valence-electron chi connectivity index (χ2n) is 7.21. The van der Waals surface area contributed by atoms with Gasteiger partial charge in [0.2, 0.25) is 5.91 Å². The number of thioether (sulfide) groups is 1. The molecule has 150 valence electrons. The van der Waals surface area contributed by atoms with E-state index in [1.165, 1.54) is 36.0 Å². The minimum atomic E-state index is -0.0699. The number of carbonyl (C=O) groups excluding carboxylic acids is 1. The van der Waals surface area contributed by atoms with Crippen molar-refractivity contribution in [1.82, 2.24) is 9.55 Å². The number of methoxy groups -OCH3 is 1. The van der Waals surface area contributed by atoms with Gasteiger partial charge in [0.25, 0.3) is 0 Å². The highest BCUT2D eigenvalue weighted by molar-refractivity contribution is 7.99. The Morgan fingerprint density at radius 1 is 1.17 bits per heavy atom. The van der Waals surface area contributed by atoms with Gasteiger partial charge in [-0.05, 0) is 62.4 Å². The van der Waals surface area contributed by atoms with Crippen LogP contribution in [0.2, 0.25) is 0 Å². The number of fused-ring (bicyclic) bond motifs is 1. The van der Waals surface area contributed by atoms with E-state index >= 15 is 0 Å². The largest absolute Gasteiger partial charge is 0.495 e. The molecule has 1 heterocycles. The third-order valence-electron chi connectivity index (χ3n) is 5.08. The Balaban J connectivity index is 1.54. The summed E-state index contributed by atoms with van der Waals surface area (Å²) in [5.74, 6) is 0.884. The lowest BCUT2D eigenvalue weighted by Gasteiger charge is -2.15. The summed E-state index contributed by atoms with van der Waals surface area (Å²) >= 11 is 1.48. The molecule has 0 bridgehead atoms. The quantitative estimate of drug-likeness (QED) is 0.597. The van der Waals surface area contributed by atoms with E-state index in [1.54, 1.807) is 7.11 Å². The third-order valence-corrected chi connectivity index (χ3v) is 6.02. The predicted octanol–water partition coefficient (Wildman–Crippen LogP) is 4.80. The van der Waals surface area contributed by atoms with Gasteiger partial charge in [-0.25, -0.2) is 4.98 Å². The van der Waals surface area contributed by atoms with Crippen LogP contribution in [0, 0.1) is 6.92 Å². The molecule has 5 nitrogen and oxygen atoms in total. The number of anilines is 1. The van der Waals surface area contributed by atoms with Crippen LogP contribution in [0.1, 0.15) is 29.8 Å². The zero-order valence-corrected chi connectivity index (χ0v) is 17.6. The number of nitrogens with zero attached hydrogens (tertiary/aromatic N) is 2. The summed E-state index contributed by atoms with van der Waals surface area (Å²) in [6.07, 6.45) is 4.40. The third kappa shape index (κ3) is 4.32. The van der Waals surface area contributed by atoms with Crippen molar-refractivity contribution in [3.8, 4) is 11.4 Å². The minimum absolute atomic E-state index is 0.0699. The number of benzene rings is 2. The molecule has 29 heavy (non-hydrogen) atoms. The number of para-hydroxylation sites is 1. The van der Waals surface area contributed by atoms with E-state index in [1.807, 2.05) is 43.3 Å². The van der Waals surface area contributed by atoms with Crippen LogP contribution < -0.4 is 10.1 Å². The van der Waals surface area contributed by atoms with E-state index < -0.39 is 0 Å². The molecular formula is C23H25N3O2S. The van der Waals surface area contributed by atoms with Gasteiger partial charge in [-0.15, -0.1) is 0 Å². The lowest BCUT2D eigenvalue weighted by molar-refractivity contribution is -0.113. The highest BCUT2D eigenvalue weighted by atomic mass is 32.2. The summed E-state index contributed by atoms with van der Waals surface area (Å²) in [7, 11) is 1.61. The van der Waals surface area contributed by atoms with E-state index in [9.17, 15) is 4.79 Å². The standard InChI is InChI=1S/C23H25N3O2S/c1-16-12-13-21(28-2)19(14-16)24-22(27)15-29-23-25-18-10-6-7-11-20(18)26(23)17-8-4-3-5-9-17/h3-5,8-9,12-14H,6-7,10-11,15H2,1-2H3,(H,24,27). The van der Waals surface area contributed by atoms with Crippen LogP contribution in [-0.4, -0.2) is 28.3 Å². The van der Waals surface area contributed by atoms with Crippen LogP contribution in [0.3, 0.4) is 0 Å². The van der Waals surface area contributed by atoms with Crippen molar-refractivity contribution < 1.29 is 9.53 Å². The molecule has 1 N–H and O–H groups in total. The van der Waals surface area contributed by atoms with E-state index in [0.717, 1.165) is 29.2 Å². The van der Waals surface area contributed by atoms with Crippen LogP contribution in [0.5, 0.6) is 5.75 Å². The number of carbonyl (C=O) groups is 1. The Morgan fingerprint density at radius 3 is 2.76 bits per heavy atom. The van der Waals surface area contributed by atoms with Crippen molar-refractivity contribution >= 4 is 23.4 Å². The number of aromatic nitrogens is 2. The molecule has 0 radical (unpaired) electrons. The second kappa shape index (κ2) is 8.74. The van der Waals surface area contributed by atoms with Gasteiger partial charge in [-0.2, -0.15) is 0 Å². The molecule has 0 saturated carbocycles. The molecule has 1 aliphatic rings. The summed E-state index contributed by atoms with van der Waals surface area (Å²) in [5.41, 5.74) is 5.32. The van der Waals surface area contributed by atoms with Gasteiger partial charge in [-0.1, -0.05) is 36.0 Å². The number of ether oxygens (including phenoxy) is 1. The lowest BCUT2D eigenvalue weighted by atomic mass is 10.0. The molecule has 0 aliphatic heterocycles. The van der Waals surface area contributed by atoms with Gasteiger partial charge >= 0.3 is 0 Å². The molecule has 6 heteroatoms. The van der Waals surface area contributed by atoms with Crippen LogP contribution >= 0.6 is 11.8 Å². The molecule has 0 atom stereocenters. The van der Waals surface area contributed by atoms with Crippen LogP contribution in [0.25, 0.3) is 5.69 Å². The second-order valence-corrected chi connectivity index (χ2v) is 8.15. The number of rotatable bonds is 6. The van der Waals surface area contributed by atoms with E-state index in [0.29, 0.717) is 17.2 Å². The molecule has 1 amide bonds. The fraction of sp³-hybridized carbons (Fsp3) is 0.304. The Morgan fingerprint density at radius 2 is 1.97 bits per heavy atom. The zero-order valence-electron chi connectivity index (χ0n) is 16.8. The molecule has 0 fully saturated rings. The van der Waals surface area contributed by atoms with Crippen molar-refractivity contribution in [2.75, 3.05) is 18.2 Å². The normalized spacial score (nSPS) is 13.0. The number of aryl methyl sites for hydroxylation is 2. The number of nitrogens with one attached hydrogen (secondary N) is 1. The van der Waals surface area contributed by atoms with Gasteiger partial charge in [0.15, 0.2) is 5.16 Å². The fourth-order valence-corrected chi connectivity index (χ4v) is 4.54. The molecule has 4 rings (SSSR count). The Kier molecular flexibility index (Phi) is 5.90. The Hall–Kier alpha value is -2.73. The average Bonchev–Trinajstić information content (AvgIpc) is 3.11. The summed E-state index contributed by atoms with van der Waals surface area (Å²) in [4.78, 5) is 17.5. The first-order valence-electron chi connectivity index (χ1n) is 9.89. The first-order valence-corrected chi connectivity index (χ1v) is 10.9. The summed E-state index contributed by atoms with van der Waals surface area (Å²) < 4.78 is 7.58. The van der Waals surface area contributed by atoms with Crippen molar-refractivity contribution in [3.63, 3.8) is 0 Å². The van der Waals surface area contributed by atoms with Crippen molar-refractivity contribution in [2.24, 2.45) is 0 Å². The SMILES string of the molecule is COc1ccc(C)cc1NC(=O)CSc1nc2c(n1-c1ccccc1)CCCC2. The first-order chi connectivity index (χ1) is 14.2. The summed E-state index contributed by atoms with van der Waals surface area (Å²) in [5, 5.41) is 3.86. The van der Waals surface area contributed by atoms with Gasteiger partial charge in [-0.3, -0.25) is 9.36 Å². The Labute approximate surface area is 175 Å². The maximum absolute atomic E-state index is 12.6. The zero-order chi connectivity index (χ0) is 20.2. The average molecular weight is 408 g/mol. The smallest absolute Gasteiger partial charge is 0.234 e. The lowest BCUT2D eigenvalue weighted by Crippen LogP contribution is -2.15. The van der Waals surface area contributed by atoms with E-state index in [4.69, 9.17) is 9.72 Å². The molecule has 0 spiro atoms. The molecule has 0 saturated heterocycles. The van der Waals surface area contributed by atoms with Crippen molar-refractivity contribution in [2.45, 2.75) is 37.8 Å². The summed E-state index contributed by atoms with van der Waals surface area (Å²) in [6, 6.07) is 16.0. The number of hydrogen-bond donors (Lipinski definition) is 1. The highest BCUT2D eigenvalue weighted by Crippen LogP contribution is 2.31. The predicted molar refractivity (Wildman–Crippen MR) is 117 cm³/mol. The minimum Gasteiger partial charge on any atom is -0.495 e.